The van der Waals surface area contributed by atoms with E-state index in [0.29, 0.717) is 6.54 Å². The first-order chi connectivity index (χ1) is 14.8. The summed E-state index contributed by atoms with van der Waals surface area (Å²) in [6.45, 7) is 4.59. The number of anilines is 1. The van der Waals surface area contributed by atoms with Gasteiger partial charge in [0.05, 0.1) is 25.5 Å². The van der Waals surface area contributed by atoms with E-state index in [1.54, 1.807) is 0 Å². The molecule has 31 heavy (non-hydrogen) atoms. The summed E-state index contributed by atoms with van der Waals surface area (Å²) < 4.78 is 39.0. The Morgan fingerprint density at radius 1 is 1.19 bits per heavy atom. The molecule has 1 aliphatic carbocycles. The molecule has 2 aliphatic heterocycles. The smallest absolute Gasteiger partial charge is 0.475 e. The van der Waals surface area contributed by atoms with E-state index in [9.17, 15) is 18.0 Å². The van der Waals surface area contributed by atoms with Crippen LogP contribution in [0.15, 0.2) is 12.3 Å². The molecule has 2 aromatic rings. The van der Waals surface area contributed by atoms with Crippen LogP contribution >= 0.6 is 0 Å². The third kappa shape index (κ3) is 4.20. The summed E-state index contributed by atoms with van der Waals surface area (Å²) in [5, 5.41) is 14.8. The fourth-order valence-corrected chi connectivity index (χ4v) is 3.84. The predicted octanol–water partition coefficient (Wildman–Crippen LogP) is 1.26. The number of aryl methyl sites for hydroxylation is 1. The number of ether oxygens (including phenoxy) is 1. The number of nitrogens with zero attached hydrogens (tertiary/aromatic N) is 4. The number of carbonyl (C=O) groups is 2. The first-order valence-corrected chi connectivity index (χ1v) is 9.75. The summed E-state index contributed by atoms with van der Waals surface area (Å²) in [4.78, 5) is 28.0. The van der Waals surface area contributed by atoms with Crippen molar-refractivity contribution in [1.82, 2.24) is 20.1 Å². The number of amides is 1. The van der Waals surface area contributed by atoms with Crippen LogP contribution in [0.5, 0.6) is 0 Å². The molecule has 0 aromatic carbocycles. The molecule has 1 fully saturated rings. The Hall–Kier alpha value is -3.15. The summed E-state index contributed by atoms with van der Waals surface area (Å²) in [5.74, 6) is -1.78. The molecular weight excluding hydrogens is 419 g/mol. The Balaban J connectivity index is 0.000000289. The van der Waals surface area contributed by atoms with Gasteiger partial charge in [0, 0.05) is 37.0 Å². The number of aliphatic carboxylic acids is 1. The Morgan fingerprint density at radius 3 is 2.58 bits per heavy atom. The predicted molar refractivity (Wildman–Crippen MR) is 102 cm³/mol. The zero-order valence-corrected chi connectivity index (χ0v) is 16.4. The summed E-state index contributed by atoms with van der Waals surface area (Å²) in [6, 6.07) is 2.13. The molecule has 166 valence electrons. The van der Waals surface area contributed by atoms with Crippen LogP contribution in [-0.2, 0) is 28.9 Å². The Labute approximate surface area is 174 Å². The minimum absolute atomic E-state index is 0.000842. The van der Waals surface area contributed by atoms with E-state index in [4.69, 9.17) is 19.7 Å². The van der Waals surface area contributed by atoms with Crippen LogP contribution in [-0.4, -0.2) is 70.8 Å². The number of fused-ring (bicyclic) bond motifs is 5. The fraction of sp³-hybridized carbons (Fsp3) is 0.474. The standard InChI is InChI=1S/C17H19N5O2.C2HF3O2/c23-17-16-12-2-1-11-10-19-14(21-5-7-24-8-6-21)9-13(11)15(12)20-22(16)4-3-18-17;3-2(4,5)1(6)7/h9-10H,1-8H2,(H,18,23);(H,6,7). The topological polar surface area (TPSA) is 110 Å². The molecule has 2 N–H and O–H groups in total. The van der Waals surface area contributed by atoms with Gasteiger partial charge in [-0.3, -0.25) is 9.48 Å². The van der Waals surface area contributed by atoms with E-state index in [1.807, 2.05) is 10.9 Å². The second kappa shape index (κ2) is 8.17. The van der Waals surface area contributed by atoms with Gasteiger partial charge in [0.25, 0.3) is 5.91 Å². The summed E-state index contributed by atoms with van der Waals surface area (Å²) in [7, 11) is 0. The summed E-state index contributed by atoms with van der Waals surface area (Å²) in [6.07, 6.45) is -1.35. The maximum atomic E-state index is 12.2. The summed E-state index contributed by atoms with van der Waals surface area (Å²) in [5.41, 5.74) is 5.13. The maximum Gasteiger partial charge on any atom is 0.490 e. The van der Waals surface area contributed by atoms with Crippen molar-refractivity contribution >= 4 is 17.7 Å². The van der Waals surface area contributed by atoms with Crippen LogP contribution < -0.4 is 10.2 Å². The van der Waals surface area contributed by atoms with Gasteiger partial charge in [-0.25, -0.2) is 9.78 Å². The molecule has 0 unspecified atom stereocenters. The second-order valence-corrected chi connectivity index (χ2v) is 7.26. The van der Waals surface area contributed by atoms with E-state index in [2.05, 4.69) is 21.3 Å². The minimum atomic E-state index is -5.08. The lowest BCUT2D eigenvalue weighted by atomic mass is 9.90. The van der Waals surface area contributed by atoms with Gasteiger partial charge in [-0.15, -0.1) is 0 Å². The molecule has 4 heterocycles. The van der Waals surface area contributed by atoms with Gasteiger partial charge in [0.15, 0.2) is 0 Å². The van der Waals surface area contributed by atoms with Gasteiger partial charge in [0.1, 0.15) is 11.5 Å². The number of halogens is 3. The zero-order chi connectivity index (χ0) is 22.2. The molecule has 0 radical (unpaired) electrons. The molecule has 0 saturated carbocycles. The van der Waals surface area contributed by atoms with Crippen molar-refractivity contribution in [2.24, 2.45) is 0 Å². The maximum absolute atomic E-state index is 12.2. The van der Waals surface area contributed by atoms with Gasteiger partial charge >= 0.3 is 12.1 Å². The average Bonchev–Trinajstić information content (AvgIpc) is 3.14. The second-order valence-electron chi connectivity index (χ2n) is 7.26. The first-order valence-electron chi connectivity index (χ1n) is 9.75. The van der Waals surface area contributed by atoms with E-state index < -0.39 is 12.1 Å². The molecule has 12 heteroatoms. The summed E-state index contributed by atoms with van der Waals surface area (Å²) >= 11 is 0. The SMILES string of the molecule is O=C(O)C(F)(F)F.O=C1NCCn2nc3c(c21)CCc1cnc(N2CCOCC2)cc1-3. The van der Waals surface area contributed by atoms with E-state index in [0.717, 1.165) is 74.0 Å². The Bertz CT molecular complexity index is 1010. The molecule has 0 atom stereocenters. The van der Waals surface area contributed by atoms with E-state index >= 15 is 0 Å². The lowest BCUT2D eigenvalue weighted by Gasteiger charge is -2.28. The van der Waals surface area contributed by atoms with Crippen molar-refractivity contribution in [3.05, 3.63) is 29.1 Å². The van der Waals surface area contributed by atoms with E-state index in [1.165, 1.54) is 5.56 Å². The number of carbonyl (C=O) groups excluding carboxylic acids is 1. The minimum Gasteiger partial charge on any atom is -0.475 e. The number of carboxylic acids is 1. The van der Waals surface area contributed by atoms with Gasteiger partial charge in [-0.05, 0) is 24.5 Å². The monoisotopic (exact) mass is 439 g/mol. The van der Waals surface area contributed by atoms with Crippen LogP contribution in [0.1, 0.15) is 21.6 Å². The molecule has 2 aromatic heterocycles. The molecule has 0 bridgehead atoms. The number of hydrogen-bond acceptors (Lipinski definition) is 6. The largest absolute Gasteiger partial charge is 0.490 e. The number of morpholine rings is 1. The van der Waals surface area contributed by atoms with Crippen LogP contribution in [0.2, 0.25) is 0 Å². The number of rotatable bonds is 1. The number of alkyl halides is 3. The van der Waals surface area contributed by atoms with Gasteiger partial charge in [0.2, 0.25) is 0 Å². The van der Waals surface area contributed by atoms with Crippen LogP contribution in [0.3, 0.4) is 0 Å². The number of carboxylic acid groups (broad SMARTS) is 1. The van der Waals surface area contributed by atoms with Gasteiger partial charge in [-0.1, -0.05) is 0 Å². The number of aromatic nitrogens is 3. The van der Waals surface area contributed by atoms with Crippen molar-refractivity contribution in [1.29, 1.82) is 0 Å². The van der Waals surface area contributed by atoms with Crippen molar-refractivity contribution in [2.45, 2.75) is 25.6 Å². The molecular formula is C19H20F3N5O4. The van der Waals surface area contributed by atoms with Crippen LogP contribution in [0.25, 0.3) is 11.3 Å². The average molecular weight is 439 g/mol. The quantitative estimate of drug-likeness (QED) is 0.689. The fourth-order valence-electron chi connectivity index (χ4n) is 3.84. The highest BCUT2D eigenvalue weighted by atomic mass is 19.4. The van der Waals surface area contributed by atoms with Crippen molar-refractivity contribution < 1.29 is 32.6 Å². The van der Waals surface area contributed by atoms with Crippen molar-refractivity contribution in [3.63, 3.8) is 0 Å². The Kier molecular flexibility index (Phi) is 5.56. The lowest BCUT2D eigenvalue weighted by molar-refractivity contribution is -0.192. The molecule has 9 nitrogen and oxygen atoms in total. The van der Waals surface area contributed by atoms with Crippen LogP contribution in [0.4, 0.5) is 19.0 Å². The molecule has 0 spiro atoms. The highest BCUT2D eigenvalue weighted by Gasteiger charge is 2.38. The molecule has 5 rings (SSSR count). The lowest BCUT2D eigenvalue weighted by Crippen LogP contribution is -2.36. The molecule has 3 aliphatic rings. The third-order valence-electron chi connectivity index (χ3n) is 5.32. The number of pyridine rings is 1. The molecule has 1 amide bonds. The van der Waals surface area contributed by atoms with Crippen LogP contribution in [0, 0.1) is 0 Å². The van der Waals surface area contributed by atoms with Crippen molar-refractivity contribution in [2.75, 3.05) is 37.7 Å². The normalized spacial score (nSPS) is 17.5. The number of hydrogen-bond donors (Lipinski definition) is 2. The van der Waals surface area contributed by atoms with Gasteiger partial charge in [-0.2, -0.15) is 18.3 Å². The Morgan fingerprint density at radius 2 is 1.90 bits per heavy atom. The van der Waals surface area contributed by atoms with Crippen molar-refractivity contribution in [3.8, 4) is 11.3 Å². The zero-order valence-electron chi connectivity index (χ0n) is 16.4. The molecule has 1 saturated heterocycles. The van der Waals surface area contributed by atoms with Gasteiger partial charge < -0.3 is 20.1 Å². The highest BCUT2D eigenvalue weighted by Crippen LogP contribution is 2.36. The number of nitrogens with one attached hydrogen (secondary N) is 1. The highest BCUT2D eigenvalue weighted by molar-refractivity contribution is 5.97. The van der Waals surface area contributed by atoms with E-state index in [-0.39, 0.29) is 5.91 Å². The first kappa shape index (κ1) is 21.1. The third-order valence-corrected chi connectivity index (χ3v) is 5.32.